The summed E-state index contributed by atoms with van der Waals surface area (Å²) in [5.74, 6) is 1.47. The molecule has 0 saturated heterocycles. The molecule has 0 bridgehead atoms. The lowest BCUT2D eigenvalue weighted by Gasteiger charge is -2.30. The molecule has 0 aliphatic heterocycles. The molecule has 0 aliphatic rings. The molecule has 0 saturated carbocycles. The number of carbonyl (C=O) groups excluding carboxylic acids is 1. The summed E-state index contributed by atoms with van der Waals surface area (Å²) >= 11 is 3.22. The zero-order valence-electron chi connectivity index (χ0n) is 18.1. The minimum absolute atomic E-state index is 0.141. The number of amides is 1. The standard InChI is InChI=1S/C23H30N4OS2/c1-17(2)27(18(3)4)22(28)16-30-23-25-24-21(15-20-11-8-14-29-20)26(23)13-12-19-9-6-5-7-10-19/h5-11,14,17-18H,12-13,15-16H2,1-4H3. The lowest BCUT2D eigenvalue weighted by Crippen LogP contribution is -2.43. The Labute approximate surface area is 187 Å². The van der Waals surface area contributed by atoms with E-state index in [1.165, 1.54) is 22.2 Å². The summed E-state index contributed by atoms with van der Waals surface area (Å²) in [5.41, 5.74) is 1.28. The van der Waals surface area contributed by atoms with Gasteiger partial charge in [0.15, 0.2) is 5.16 Å². The third kappa shape index (κ3) is 5.95. The SMILES string of the molecule is CC(C)N(C(=O)CSc1nnc(Cc2cccs2)n1CCc1ccccc1)C(C)C. The minimum atomic E-state index is 0.141. The molecular formula is C23H30N4OS2. The van der Waals surface area contributed by atoms with Crippen LogP contribution in [0.25, 0.3) is 0 Å². The van der Waals surface area contributed by atoms with E-state index in [1.807, 2.05) is 11.0 Å². The van der Waals surface area contributed by atoms with Crippen LogP contribution in [-0.2, 0) is 24.2 Å². The second-order valence-electron chi connectivity index (χ2n) is 7.82. The van der Waals surface area contributed by atoms with E-state index < -0.39 is 0 Å². The van der Waals surface area contributed by atoms with Crippen molar-refractivity contribution in [3.8, 4) is 0 Å². The summed E-state index contributed by atoms with van der Waals surface area (Å²) in [6.07, 6.45) is 1.67. The number of thioether (sulfide) groups is 1. The van der Waals surface area contributed by atoms with Crippen molar-refractivity contribution in [2.45, 2.75) is 64.3 Å². The van der Waals surface area contributed by atoms with Crippen molar-refractivity contribution in [2.75, 3.05) is 5.75 Å². The summed E-state index contributed by atoms with van der Waals surface area (Å²) in [6, 6.07) is 15.0. The fourth-order valence-electron chi connectivity index (χ4n) is 3.61. The van der Waals surface area contributed by atoms with E-state index in [1.54, 1.807) is 11.3 Å². The van der Waals surface area contributed by atoms with E-state index in [-0.39, 0.29) is 18.0 Å². The van der Waals surface area contributed by atoms with Crippen LogP contribution >= 0.6 is 23.1 Å². The summed E-state index contributed by atoms with van der Waals surface area (Å²) in [5, 5.41) is 11.8. The van der Waals surface area contributed by atoms with Crippen molar-refractivity contribution in [1.29, 1.82) is 0 Å². The second-order valence-corrected chi connectivity index (χ2v) is 9.79. The molecule has 3 aromatic rings. The van der Waals surface area contributed by atoms with Gasteiger partial charge in [-0.25, -0.2) is 0 Å². The van der Waals surface area contributed by atoms with E-state index in [0.29, 0.717) is 5.75 Å². The van der Waals surface area contributed by atoms with E-state index in [9.17, 15) is 4.79 Å². The first-order chi connectivity index (χ1) is 14.5. The Morgan fingerprint density at radius 1 is 1.07 bits per heavy atom. The Hall–Kier alpha value is -2.12. The Bertz CT molecular complexity index is 912. The van der Waals surface area contributed by atoms with Gasteiger partial charge in [0, 0.05) is 29.9 Å². The van der Waals surface area contributed by atoms with Gasteiger partial charge >= 0.3 is 0 Å². The van der Waals surface area contributed by atoms with Crippen LogP contribution < -0.4 is 0 Å². The fourth-order valence-corrected chi connectivity index (χ4v) is 5.16. The van der Waals surface area contributed by atoms with Gasteiger partial charge in [0.2, 0.25) is 5.91 Å². The lowest BCUT2D eigenvalue weighted by atomic mass is 10.1. The molecule has 30 heavy (non-hydrogen) atoms. The largest absolute Gasteiger partial charge is 0.337 e. The molecule has 160 valence electrons. The van der Waals surface area contributed by atoms with E-state index in [4.69, 9.17) is 0 Å². The highest BCUT2D eigenvalue weighted by atomic mass is 32.2. The Kier molecular flexibility index (Phi) is 8.10. The maximum absolute atomic E-state index is 12.8. The molecule has 1 aromatic carbocycles. The monoisotopic (exact) mass is 442 g/mol. The average Bonchev–Trinajstić information content (AvgIpc) is 3.35. The van der Waals surface area contributed by atoms with Crippen molar-refractivity contribution < 1.29 is 4.79 Å². The lowest BCUT2D eigenvalue weighted by molar-refractivity contribution is -0.131. The van der Waals surface area contributed by atoms with Crippen molar-refractivity contribution in [3.63, 3.8) is 0 Å². The number of benzene rings is 1. The third-order valence-electron chi connectivity index (χ3n) is 4.90. The molecule has 0 atom stereocenters. The highest BCUT2D eigenvalue weighted by Gasteiger charge is 2.22. The molecule has 0 spiro atoms. The van der Waals surface area contributed by atoms with Gasteiger partial charge in [0.05, 0.1) is 5.75 Å². The van der Waals surface area contributed by atoms with Crippen molar-refractivity contribution in [3.05, 3.63) is 64.1 Å². The first kappa shape index (κ1) is 22.6. The van der Waals surface area contributed by atoms with Gasteiger partial charge in [-0.3, -0.25) is 4.79 Å². The Balaban J connectivity index is 1.75. The number of hydrogen-bond acceptors (Lipinski definition) is 5. The van der Waals surface area contributed by atoms with Crippen molar-refractivity contribution in [1.82, 2.24) is 19.7 Å². The van der Waals surface area contributed by atoms with Gasteiger partial charge in [-0.05, 0) is 51.1 Å². The molecule has 0 N–H and O–H groups in total. The first-order valence-corrected chi connectivity index (χ1v) is 12.2. The molecular weight excluding hydrogens is 412 g/mol. The maximum Gasteiger partial charge on any atom is 0.233 e. The van der Waals surface area contributed by atoms with E-state index >= 15 is 0 Å². The smallest absolute Gasteiger partial charge is 0.233 e. The number of aromatic nitrogens is 3. The number of rotatable bonds is 10. The van der Waals surface area contributed by atoms with Crippen LogP contribution in [0.3, 0.4) is 0 Å². The Morgan fingerprint density at radius 3 is 2.43 bits per heavy atom. The maximum atomic E-state index is 12.8. The number of carbonyl (C=O) groups is 1. The van der Waals surface area contributed by atoms with Gasteiger partial charge in [0.25, 0.3) is 0 Å². The minimum Gasteiger partial charge on any atom is -0.337 e. The number of aryl methyl sites for hydroxylation is 1. The third-order valence-corrected chi connectivity index (χ3v) is 6.73. The van der Waals surface area contributed by atoms with Crippen LogP contribution in [0.4, 0.5) is 0 Å². The molecule has 2 heterocycles. The predicted molar refractivity (Wildman–Crippen MR) is 125 cm³/mol. The molecule has 7 heteroatoms. The summed E-state index contributed by atoms with van der Waals surface area (Å²) in [6.45, 7) is 9.04. The van der Waals surface area contributed by atoms with Crippen molar-refractivity contribution >= 4 is 29.0 Å². The molecule has 0 fully saturated rings. The fraction of sp³-hybridized carbons (Fsp3) is 0.435. The van der Waals surface area contributed by atoms with Gasteiger partial charge in [-0.15, -0.1) is 21.5 Å². The molecule has 1 amide bonds. The van der Waals surface area contributed by atoms with Crippen LogP contribution in [0, 0.1) is 0 Å². The quantitative estimate of drug-likeness (QED) is 0.419. The summed E-state index contributed by atoms with van der Waals surface area (Å²) < 4.78 is 2.18. The summed E-state index contributed by atoms with van der Waals surface area (Å²) in [4.78, 5) is 16.0. The van der Waals surface area contributed by atoms with Crippen LogP contribution in [0.15, 0.2) is 53.0 Å². The number of hydrogen-bond donors (Lipinski definition) is 0. The van der Waals surface area contributed by atoms with E-state index in [2.05, 4.69) is 84.2 Å². The normalized spacial score (nSPS) is 11.4. The van der Waals surface area contributed by atoms with E-state index in [0.717, 1.165) is 30.4 Å². The van der Waals surface area contributed by atoms with Crippen molar-refractivity contribution in [2.24, 2.45) is 0 Å². The van der Waals surface area contributed by atoms with Gasteiger partial charge in [-0.1, -0.05) is 48.2 Å². The van der Waals surface area contributed by atoms with Crippen LogP contribution in [0.1, 0.15) is 44.0 Å². The number of nitrogens with zero attached hydrogens (tertiary/aromatic N) is 4. The average molecular weight is 443 g/mol. The van der Waals surface area contributed by atoms with Gasteiger partial charge in [-0.2, -0.15) is 0 Å². The van der Waals surface area contributed by atoms with Crippen LogP contribution in [0.5, 0.6) is 0 Å². The highest BCUT2D eigenvalue weighted by Crippen LogP contribution is 2.22. The molecule has 5 nitrogen and oxygen atoms in total. The zero-order chi connectivity index (χ0) is 21.5. The topological polar surface area (TPSA) is 51.0 Å². The first-order valence-electron chi connectivity index (χ1n) is 10.4. The molecule has 2 aromatic heterocycles. The molecule has 3 rings (SSSR count). The van der Waals surface area contributed by atoms with Gasteiger partial charge in [0.1, 0.15) is 5.82 Å². The van der Waals surface area contributed by atoms with Crippen LogP contribution in [-0.4, -0.2) is 43.4 Å². The second kappa shape index (κ2) is 10.8. The summed E-state index contributed by atoms with van der Waals surface area (Å²) in [7, 11) is 0. The predicted octanol–water partition coefficient (Wildman–Crippen LogP) is 4.91. The Morgan fingerprint density at radius 2 is 1.80 bits per heavy atom. The zero-order valence-corrected chi connectivity index (χ0v) is 19.7. The molecule has 0 radical (unpaired) electrons. The molecule has 0 unspecified atom stereocenters. The number of thiophene rings is 1. The van der Waals surface area contributed by atoms with Crippen LogP contribution in [0.2, 0.25) is 0 Å². The van der Waals surface area contributed by atoms with Gasteiger partial charge < -0.3 is 9.47 Å². The molecule has 0 aliphatic carbocycles. The highest BCUT2D eigenvalue weighted by molar-refractivity contribution is 7.99.